The van der Waals surface area contributed by atoms with Crippen LogP contribution in [0.2, 0.25) is 0 Å². The van der Waals surface area contributed by atoms with Gasteiger partial charge in [-0.15, -0.1) is 0 Å². The topological polar surface area (TPSA) is 103 Å². The SMILES string of the molecule is CN=C(NCCc1cccc(C(=O)NC)c1)NCCS(=O)(=O)N1CCSCC1. The molecule has 0 aliphatic carbocycles. The predicted octanol–water partition coefficient (Wildman–Crippen LogP) is 0.132. The van der Waals surface area contributed by atoms with Crippen molar-refractivity contribution in [2.75, 3.05) is 57.5 Å². The molecule has 1 heterocycles. The van der Waals surface area contributed by atoms with Crippen molar-refractivity contribution in [3.63, 3.8) is 0 Å². The molecular formula is C18H29N5O3S2. The monoisotopic (exact) mass is 427 g/mol. The molecule has 8 nitrogen and oxygen atoms in total. The van der Waals surface area contributed by atoms with Crippen LogP contribution in [0.1, 0.15) is 15.9 Å². The molecule has 0 bridgehead atoms. The van der Waals surface area contributed by atoms with Crippen molar-refractivity contribution < 1.29 is 13.2 Å². The van der Waals surface area contributed by atoms with E-state index < -0.39 is 10.0 Å². The molecule has 1 fully saturated rings. The standard InChI is InChI=1S/C18H29N5O3S2/c1-19-17(24)16-5-3-4-15(14-16)6-7-21-18(20-2)22-8-13-28(25,26)23-9-11-27-12-10-23/h3-5,14H,6-13H2,1-2H3,(H,19,24)(H2,20,21,22). The number of carbonyl (C=O) groups excluding carboxylic acids is 1. The smallest absolute Gasteiger partial charge is 0.251 e. The largest absolute Gasteiger partial charge is 0.356 e. The summed E-state index contributed by atoms with van der Waals surface area (Å²) < 4.78 is 26.3. The van der Waals surface area contributed by atoms with Gasteiger partial charge in [0.2, 0.25) is 10.0 Å². The number of hydrogen-bond acceptors (Lipinski definition) is 5. The number of nitrogens with one attached hydrogen (secondary N) is 3. The van der Waals surface area contributed by atoms with Gasteiger partial charge >= 0.3 is 0 Å². The minimum Gasteiger partial charge on any atom is -0.356 e. The zero-order chi connectivity index (χ0) is 20.4. The van der Waals surface area contributed by atoms with E-state index in [0.29, 0.717) is 37.7 Å². The molecule has 0 unspecified atom stereocenters. The predicted molar refractivity (Wildman–Crippen MR) is 116 cm³/mol. The normalized spacial score (nSPS) is 15.9. The Morgan fingerprint density at radius 1 is 1.21 bits per heavy atom. The summed E-state index contributed by atoms with van der Waals surface area (Å²) in [6.07, 6.45) is 0.718. The van der Waals surface area contributed by atoms with Crippen molar-refractivity contribution >= 4 is 33.7 Å². The third-order valence-electron chi connectivity index (χ3n) is 4.36. The summed E-state index contributed by atoms with van der Waals surface area (Å²) in [7, 11) is 0.0292. The van der Waals surface area contributed by atoms with Gasteiger partial charge in [-0.3, -0.25) is 9.79 Å². The van der Waals surface area contributed by atoms with Crippen LogP contribution in [0.4, 0.5) is 0 Å². The van der Waals surface area contributed by atoms with E-state index in [1.54, 1.807) is 36.2 Å². The number of aliphatic imine (C=N–C) groups is 1. The van der Waals surface area contributed by atoms with Crippen LogP contribution in [0, 0.1) is 0 Å². The quantitative estimate of drug-likeness (QED) is 0.403. The van der Waals surface area contributed by atoms with Crippen LogP contribution in [-0.4, -0.2) is 82.1 Å². The van der Waals surface area contributed by atoms with E-state index in [9.17, 15) is 13.2 Å². The Balaban J connectivity index is 1.75. The summed E-state index contributed by atoms with van der Waals surface area (Å²) in [4.78, 5) is 15.8. The van der Waals surface area contributed by atoms with Crippen molar-refractivity contribution in [2.24, 2.45) is 4.99 Å². The first-order chi connectivity index (χ1) is 13.5. The lowest BCUT2D eigenvalue weighted by molar-refractivity contribution is 0.0963. The highest BCUT2D eigenvalue weighted by molar-refractivity contribution is 7.99. The maximum absolute atomic E-state index is 12.3. The summed E-state index contributed by atoms with van der Waals surface area (Å²) in [5.74, 6) is 2.22. The van der Waals surface area contributed by atoms with Crippen LogP contribution < -0.4 is 16.0 Å². The Morgan fingerprint density at radius 3 is 2.61 bits per heavy atom. The van der Waals surface area contributed by atoms with Crippen LogP contribution in [0.25, 0.3) is 0 Å². The lowest BCUT2D eigenvalue weighted by atomic mass is 10.1. The zero-order valence-electron chi connectivity index (χ0n) is 16.4. The average Bonchev–Trinajstić information content (AvgIpc) is 2.72. The fourth-order valence-electron chi connectivity index (χ4n) is 2.81. The fourth-order valence-corrected chi connectivity index (χ4v) is 5.30. The first-order valence-corrected chi connectivity index (χ1v) is 12.0. The lowest BCUT2D eigenvalue weighted by Crippen LogP contribution is -2.44. The van der Waals surface area contributed by atoms with E-state index in [1.807, 2.05) is 18.2 Å². The zero-order valence-corrected chi connectivity index (χ0v) is 18.0. The lowest BCUT2D eigenvalue weighted by Gasteiger charge is -2.25. The van der Waals surface area contributed by atoms with Gasteiger partial charge in [0.25, 0.3) is 5.91 Å². The summed E-state index contributed by atoms with van der Waals surface area (Å²) >= 11 is 1.78. The van der Waals surface area contributed by atoms with Gasteiger partial charge in [0.15, 0.2) is 5.96 Å². The number of nitrogens with zero attached hydrogens (tertiary/aromatic N) is 2. The molecule has 1 aromatic carbocycles. The first-order valence-electron chi connectivity index (χ1n) is 9.27. The third kappa shape index (κ3) is 6.99. The van der Waals surface area contributed by atoms with E-state index in [2.05, 4.69) is 20.9 Å². The van der Waals surface area contributed by atoms with E-state index in [1.165, 1.54) is 0 Å². The molecular weight excluding hydrogens is 398 g/mol. The minimum atomic E-state index is -3.23. The number of carbonyl (C=O) groups is 1. The second-order valence-corrected chi connectivity index (χ2v) is 9.60. The second kappa shape index (κ2) is 11.3. The van der Waals surface area contributed by atoms with Gasteiger partial charge in [-0.25, -0.2) is 12.7 Å². The number of amides is 1. The van der Waals surface area contributed by atoms with E-state index in [0.717, 1.165) is 23.5 Å². The molecule has 28 heavy (non-hydrogen) atoms. The van der Waals surface area contributed by atoms with E-state index >= 15 is 0 Å². The van der Waals surface area contributed by atoms with Gasteiger partial charge in [-0.2, -0.15) is 11.8 Å². The maximum atomic E-state index is 12.3. The number of hydrogen-bond donors (Lipinski definition) is 3. The van der Waals surface area contributed by atoms with Gasteiger partial charge < -0.3 is 16.0 Å². The molecule has 1 amide bonds. The Hall–Kier alpha value is -1.78. The third-order valence-corrected chi connectivity index (χ3v) is 7.18. The van der Waals surface area contributed by atoms with Crippen LogP contribution in [0.15, 0.2) is 29.3 Å². The van der Waals surface area contributed by atoms with Crippen LogP contribution >= 0.6 is 11.8 Å². The van der Waals surface area contributed by atoms with Crippen LogP contribution in [-0.2, 0) is 16.4 Å². The molecule has 0 radical (unpaired) electrons. The van der Waals surface area contributed by atoms with Crippen molar-refractivity contribution in [1.82, 2.24) is 20.3 Å². The number of thioether (sulfide) groups is 1. The Labute approximate surface area is 171 Å². The van der Waals surface area contributed by atoms with Crippen molar-refractivity contribution in [3.05, 3.63) is 35.4 Å². The summed E-state index contributed by atoms with van der Waals surface area (Å²) in [6.45, 7) is 2.11. The Bertz CT molecular complexity index is 777. The highest BCUT2D eigenvalue weighted by atomic mass is 32.2. The van der Waals surface area contributed by atoms with Crippen LogP contribution in [0.3, 0.4) is 0 Å². The molecule has 156 valence electrons. The van der Waals surface area contributed by atoms with E-state index in [-0.39, 0.29) is 11.7 Å². The highest BCUT2D eigenvalue weighted by Crippen LogP contribution is 2.13. The van der Waals surface area contributed by atoms with Crippen LogP contribution in [0.5, 0.6) is 0 Å². The summed E-state index contributed by atoms with van der Waals surface area (Å²) in [5, 5.41) is 8.84. The maximum Gasteiger partial charge on any atom is 0.251 e. The second-order valence-electron chi connectivity index (χ2n) is 6.28. The highest BCUT2D eigenvalue weighted by Gasteiger charge is 2.23. The molecule has 0 atom stereocenters. The molecule has 2 rings (SSSR count). The number of rotatable bonds is 8. The molecule has 1 aromatic rings. The summed E-state index contributed by atoms with van der Waals surface area (Å²) in [6, 6.07) is 7.46. The molecule has 1 saturated heterocycles. The molecule has 3 N–H and O–H groups in total. The molecule has 1 aliphatic heterocycles. The first kappa shape index (κ1) is 22.5. The van der Waals surface area contributed by atoms with Gasteiger partial charge in [-0.1, -0.05) is 12.1 Å². The molecule has 0 aromatic heterocycles. The summed E-state index contributed by atoms with van der Waals surface area (Å²) in [5.41, 5.74) is 1.67. The number of benzene rings is 1. The van der Waals surface area contributed by atoms with E-state index in [4.69, 9.17) is 0 Å². The molecule has 1 aliphatic rings. The number of sulfonamides is 1. The molecule has 0 spiro atoms. The number of guanidine groups is 1. The Morgan fingerprint density at radius 2 is 1.93 bits per heavy atom. The van der Waals surface area contributed by atoms with Gasteiger partial charge in [0, 0.05) is 57.3 Å². The van der Waals surface area contributed by atoms with Crippen molar-refractivity contribution in [3.8, 4) is 0 Å². The molecule has 10 heteroatoms. The fraction of sp³-hybridized carbons (Fsp3) is 0.556. The van der Waals surface area contributed by atoms with Gasteiger partial charge in [0.1, 0.15) is 0 Å². The molecule has 0 saturated carbocycles. The van der Waals surface area contributed by atoms with Crippen molar-refractivity contribution in [1.29, 1.82) is 0 Å². The Kier molecular flexibility index (Phi) is 9.07. The minimum absolute atomic E-state index is 0.0482. The van der Waals surface area contributed by atoms with Gasteiger partial charge in [-0.05, 0) is 24.1 Å². The van der Waals surface area contributed by atoms with Crippen molar-refractivity contribution in [2.45, 2.75) is 6.42 Å². The van der Waals surface area contributed by atoms with Gasteiger partial charge in [0.05, 0.1) is 5.75 Å². The average molecular weight is 428 g/mol.